The zero-order chi connectivity index (χ0) is 14.6. The Bertz CT molecular complexity index is 758. The van der Waals surface area contributed by atoms with Crippen molar-refractivity contribution >= 4 is 27.2 Å². The van der Waals surface area contributed by atoms with E-state index in [0.29, 0.717) is 5.69 Å². The average Bonchev–Trinajstić information content (AvgIpc) is 2.45. The normalized spacial score (nSPS) is 11.7. The lowest BCUT2D eigenvalue weighted by molar-refractivity contribution is 0.483. The maximum atomic E-state index is 11.2. The van der Waals surface area contributed by atoms with Gasteiger partial charge in [0.1, 0.15) is 10.6 Å². The number of benzene rings is 2. The van der Waals surface area contributed by atoms with Crippen LogP contribution in [0.3, 0.4) is 0 Å². The fraction of sp³-hybridized carbons (Fsp3) is 0. The SMILES string of the molecule is [N]=Nc1[c]c(N=Nc2ccccc2)c(S(=O)(=O)O)cc1. The van der Waals surface area contributed by atoms with Gasteiger partial charge in [-0.05, 0) is 29.8 Å². The molecule has 2 radical (unpaired) electrons. The second kappa shape index (κ2) is 5.68. The predicted molar refractivity (Wildman–Crippen MR) is 69.9 cm³/mol. The van der Waals surface area contributed by atoms with E-state index in [4.69, 9.17) is 10.1 Å². The van der Waals surface area contributed by atoms with Crippen molar-refractivity contribution in [3.63, 3.8) is 0 Å². The molecule has 0 fully saturated rings. The molecule has 0 saturated carbocycles. The highest BCUT2D eigenvalue weighted by Gasteiger charge is 2.16. The third-order valence-corrected chi connectivity index (χ3v) is 3.16. The monoisotopic (exact) mass is 288 g/mol. The number of nitrogens with zero attached hydrogens (tertiary/aromatic N) is 4. The first-order chi connectivity index (χ1) is 9.50. The van der Waals surface area contributed by atoms with Crippen LogP contribution in [0.1, 0.15) is 0 Å². The van der Waals surface area contributed by atoms with Crippen molar-refractivity contribution < 1.29 is 13.0 Å². The Morgan fingerprint density at radius 1 is 1.05 bits per heavy atom. The molecular weight excluding hydrogens is 280 g/mol. The summed E-state index contributed by atoms with van der Waals surface area (Å²) >= 11 is 0. The van der Waals surface area contributed by atoms with Gasteiger partial charge in [0.25, 0.3) is 10.1 Å². The summed E-state index contributed by atoms with van der Waals surface area (Å²) < 4.78 is 31.5. The summed E-state index contributed by atoms with van der Waals surface area (Å²) in [5, 5.41) is 10.4. The maximum Gasteiger partial charge on any atom is 0.296 e. The van der Waals surface area contributed by atoms with E-state index in [1.165, 1.54) is 6.07 Å². The van der Waals surface area contributed by atoms with Crippen molar-refractivity contribution in [1.82, 2.24) is 5.53 Å². The summed E-state index contributed by atoms with van der Waals surface area (Å²) in [7, 11) is -4.47. The standard InChI is InChI=1S/C12H8N4O3S/c13-14-10-6-7-12(20(17,18)19)11(8-10)16-15-9-4-2-1-3-5-9/h1-7H,(H,17,18,19). The molecule has 0 atom stereocenters. The molecule has 0 amide bonds. The molecule has 100 valence electrons. The van der Waals surface area contributed by atoms with Crippen LogP contribution in [0.25, 0.3) is 0 Å². The second-order valence-electron chi connectivity index (χ2n) is 3.67. The summed E-state index contributed by atoms with van der Waals surface area (Å²) in [6, 6.07) is 13.2. The molecule has 1 N–H and O–H groups in total. The van der Waals surface area contributed by atoms with Crippen LogP contribution in [-0.2, 0) is 10.1 Å². The molecule has 0 heterocycles. The number of rotatable bonds is 4. The minimum atomic E-state index is -4.47. The highest BCUT2D eigenvalue weighted by atomic mass is 32.2. The molecule has 0 aliphatic rings. The summed E-state index contributed by atoms with van der Waals surface area (Å²) in [6.45, 7) is 0. The molecule has 0 unspecified atom stereocenters. The smallest absolute Gasteiger partial charge is 0.282 e. The molecule has 0 bridgehead atoms. The van der Waals surface area contributed by atoms with Crippen molar-refractivity contribution in [2.24, 2.45) is 15.3 Å². The lowest BCUT2D eigenvalue weighted by atomic mass is 10.3. The molecule has 0 aliphatic carbocycles. The summed E-state index contributed by atoms with van der Waals surface area (Å²) in [6.07, 6.45) is 0. The highest BCUT2D eigenvalue weighted by Crippen LogP contribution is 2.29. The highest BCUT2D eigenvalue weighted by molar-refractivity contribution is 7.86. The van der Waals surface area contributed by atoms with Crippen molar-refractivity contribution in [2.45, 2.75) is 4.90 Å². The number of azo groups is 1. The second-order valence-corrected chi connectivity index (χ2v) is 5.06. The first-order valence-electron chi connectivity index (χ1n) is 5.36. The van der Waals surface area contributed by atoms with E-state index in [2.05, 4.69) is 21.4 Å². The van der Waals surface area contributed by atoms with E-state index in [9.17, 15) is 8.42 Å². The van der Waals surface area contributed by atoms with Gasteiger partial charge in [-0.25, -0.2) is 0 Å². The van der Waals surface area contributed by atoms with Gasteiger partial charge in [-0.2, -0.15) is 13.5 Å². The Labute approximate surface area is 115 Å². The summed E-state index contributed by atoms with van der Waals surface area (Å²) in [4.78, 5) is -0.468. The van der Waals surface area contributed by atoms with E-state index in [1.54, 1.807) is 30.3 Å². The Morgan fingerprint density at radius 3 is 2.35 bits per heavy atom. The van der Waals surface area contributed by atoms with Gasteiger partial charge in [-0.3, -0.25) is 4.55 Å². The molecule has 20 heavy (non-hydrogen) atoms. The van der Waals surface area contributed by atoms with Gasteiger partial charge in [-0.15, -0.1) is 10.2 Å². The minimum absolute atomic E-state index is 0.0283. The summed E-state index contributed by atoms with van der Waals surface area (Å²) in [5.74, 6) is 0. The van der Waals surface area contributed by atoms with Crippen LogP contribution in [-0.4, -0.2) is 13.0 Å². The van der Waals surface area contributed by atoms with E-state index < -0.39 is 15.0 Å². The van der Waals surface area contributed by atoms with Gasteiger partial charge < -0.3 is 0 Å². The molecule has 8 heteroatoms. The van der Waals surface area contributed by atoms with Gasteiger partial charge in [0.2, 0.25) is 0 Å². The van der Waals surface area contributed by atoms with Crippen LogP contribution in [0.15, 0.2) is 62.7 Å². The van der Waals surface area contributed by atoms with Crippen LogP contribution < -0.4 is 5.53 Å². The van der Waals surface area contributed by atoms with Crippen LogP contribution in [0.2, 0.25) is 0 Å². The third-order valence-electron chi connectivity index (χ3n) is 2.28. The van der Waals surface area contributed by atoms with Crippen LogP contribution in [0, 0.1) is 6.07 Å². The van der Waals surface area contributed by atoms with E-state index in [0.717, 1.165) is 6.07 Å². The quantitative estimate of drug-likeness (QED) is 0.688. The van der Waals surface area contributed by atoms with Crippen molar-refractivity contribution in [3.05, 3.63) is 48.5 Å². The lowest BCUT2D eigenvalue weighted by Gasteiger charge is -2.01. The fourth-order valence-electron chi connectivity index (χ4n) is 1.40. The molecule has 0 saturated heterocycles. The minimum Gasteiger partial charge on any atom is -0.282 e. The average molecular weight is 288 g/mol. The molecule has 2 aromatic rings. The van der Waals surface area contributed by atoms with Gasteiger partial charge in [0.15, 0.2) is 0 Å². The summed E-state index contributed by atoms with van der Waals surface area (Å²) in [5.41, 5.74) is 8.87. The van der Waals surface area contributed by atoms with Crippen LogP contribution in [0.4, 0.5) is 17.1 Å². The number of hydrogen-bond acceptors (Lipinski definition) is 5. The van der Waals surface area contributed by atoms with Crippen molar-refractivity contribution in [3.8, 4) is 0 Å². The Balaban J connectivity index is 2.49. The molecule has 0 aromatic heterocycles. The van der Waals surface area contributed by atoms with Crippen LogP contribution >= 0.6 is 0 Å². The Hall–Kier alpha value is -2.45. The first-order valence-corrected chi connectivity index (χ1v) is 6.80. The van der Waals surface area contributed by atoms with Crippen LogP contribution in [0.5, 0.6) is 0 Å². The van der Waals surface area contributed by atoms with E-state index in [1.807, 2.05) is 0 Å². The Morgan fingerprint density at radius 2 is 1.75 bits per heavy atom. The zero-order valence-electron chi connectivity index (χ0n) is 10.0. The topological polar surface area (TPSA) is 114 Å². The van der Waals surface area contributed by atoms with Gasteiger partial charge in [-0.1, -0.05) is 18.2 Å². The maximum absolute atomic E-state index is 11.2. The van der Waals surface area contributed by atoms with Crippen molar-refractivity contribution in [2.75, 3.05) is 0 Å². The number of hydrogen-bond donors (Lipinski definition) is 1. The Kier molecular flexibility index (Phi) is 3.97. The van der Waals surface area contributed by atoms with Gasteiger partial charge >= 0.3 is 0 Å². The van der Waals surface area contributed by atoms with Gasteiger partial charge in [0, 0.05) is 6.07 Å². The molecular formula is C12H8N4O3S. The molecule has 7 nitrogen and oxygen atoms in total. The van der Waals surface area contributed by atoms with E-state index >= 15 is 0 Å². The van der Waals surface area contributed by atoms with Gasteiger partial charge in [0.05, 0.1) is 11.4 Å². The lowest BCUT2D eigenvalue weighted by Crippen LogP contribution is -1.98. The van der Waals surface area contributed by atoms with E-state index in [-0.39, 0.29) is 11.4 Å². The largest absolute Gasteiger partial charge is 0.296 e. The molecule has 0 spiro atoms. The zero-order valence-corrected chi connectivity index (χ0v) is 10.8. The third kappa shape index (κ3) is 3.31. The molecule has 0 aliphatic heterocycles. The van der Waals surface area contributed by atoms with Crippen molar-refractivity contribution in [1.29, 1.82) is 0 Å². The first kappa shape index (κ1) is 14.0. The predicted octanol–water partition coefficient (Wildman–Crippen LogP) is 3.03. The molecule has 2 rings (SSSR count). The fourth-order valence-corrected chi connectivity index (χ4v) is 1.98. The molecule has 2 aromatic carbocycles.